The maximum absolute atomic E-state index is 13.4. The van der Waals surface area contributed by atoms with Crippen LogP contribution < -0.4 is 10.1 Å². The van der Waals surface area contributed by atoms with Crippen molar-refractivity contribution in [1.82, 2.24) is 19.9 Å². The molecule has 2 aromatic heterocycles. The van der Waals surface area contributed by atoms with Crippen LogP contribution in [-0.4, -0.2) is 44.5 Å². The van der Waals surface area contributed by atoms with E-state index >= 15 is 0 Å². The second kappa shape index (κ2) is 7.55. The van der Waals surface area contributed by atoms with Crippen LogP contribution in [0.4, 0.5) is 10.2 Å². The smallest absolute Gasteiger partial charge is 0.344 e. The molecule has 2 heterocycles. The SMILES string of the molecule is CC(OC(=O)COc1ccccc1F)C(=O)Nc1ncnc2nc[nH]c12. The number of esters is 1. The first kappa shape index (κ1) is 17.3. The van der Waals surface area contributed by atoms with E-state index in [1.54, 1.807) is 6.07 Å². The highest BCUT2D eigenvalue weighted by molar-refractivity contribution is 5.99. The second-order valence-electron chi connectivity index (χ2n) is 5.16. The van der Waals surface area contributed by atoms with Gasteiger partial charge in [-0.2, -0.15) is 0 Å². The molecule has 134 valence electrons. The van der Waals surface area contributed by atoms with E-state index in [4.69, 9.17) is 9.47 Å². The Labute approximate surface area is 146 Å². The summed E-state index contributed by atoms with van der Waals surface area (Å²) in [7, 11) is 0. The number of aromatic amines is 1. The number of imidazole rings is 1. The van der Waals surface area contributed by atoms with Crippen LogP contribution in [-0.2, 0) is 14.3 Å². The number of fused-ring (bicyclic) bond motifs is 1. The van der Waals surface area contributed by atoms with Crippen LogP contribution in [0.3, 0.4) is 0 Å². The molecule has 1 unspecified atom stereocenters. The highest BCUT2D eigenvalue weighted by atomic mass is 19.1. The lowest BCUT2D eigenvalue weighted by molar-refractivity contribution is -0.155. The molecular weight excluding hydrogens is 345 g/mol. The summed E-state index contributed by atoms with van der Waals surface area (Å²) in [6.07, 6.45) is 1.55. The van der Waals surface area contributed by atoms with Gasteiger partial charge in [-0.3, -0.25) is 4.79 Å². The molecule has 1 aromatic carbocycles. The summed E-state index contributed by atoms with van der Waals surface area (Å²) >= 11 is 0. The first-order valence-electron chi connectivity index (χ1n) is 7.56. The molecular formula is C16H14FN5O4. The Kier molecular flexibility index (Phi) is 5.02. The number of nitrogens with zero attached hydrogens (tertiary/aromatic N) is 3. The zero-order valence-corrected chi connectivity index (χ0v) is 13.6. The minimum atomic E-state index is -1.11. The normalized spacial score (nSPS) is 11.8. The van der Waals surface area contributed by atoms with Crippen LogP contribution in [0.25, 0.3) is 11.2 Å². The first-order valence-corrected chi connectivity index (χ1v) is 7.56. The number of rotatable bonds is 6. The minimum absolute atomic E-state index is 0.0795. The number of nitrogens with one attached hydrogen (secondary N) is 2. The lowest BCUT2D eigenvalue weighted by atomic mass is 10.3. The zero-order chi connectivity index (χ0) is 18.5. The molecule has 2 N–H and O–H groups in total. The highest BCUT2D eigenvalue weighted by Crippen LogP contribution is 2.16. The van der Waals surface area contributed by atoms with Gasteiger partial charge in [0, 0.05) is 0 Å². The summed E-state index contributed by atoms with van der Waals surface area (Å²) in [6.45, 7) is 0.860. The molecule has 0 spiro atoms. The Balaban J connectivity index is 1.54. The van der Waals surface area contributed by atoms with E-state index in [-0.39, 0.29) is 11.6 Å². The summed E-state index contributed by atoms with van der Waals surface area (Å²) < 4.78 is 23.4. The van der Waals surface area contributed by atoms with Gasteiger partial charge in [0.2, 0.25) is 0 Å². The Morgan fingerprint density at radius 3 is 2.88 bits per heavy atom. The summed E-state index contributed by atoms with van der Waals surface area (Å²) in [4.78, 5) is 38.6. The molecule has 3 aromatic rings. The van der Waals surface area contributed by atoms with E-state index in [2.05, 4.69) is 25.3 Å². The summed E-state index contributed by atoms with van der Waals surface area (Å²) in [6, 6.07) is 5.65. The lowest BCUT2D eigenvalue weighted by Gasteiger charge is -2.13. The van der Waals surface area contributed by atoms with Gasteiger partial charge in [0.1, 0.15) is 11.8 Å². The van der Waals surface area contributed by atoms with E-state index in [1.807, 2.05) is 0 Å². The second-order valence-corrected chi connectivity index (χ2v) is 5.16. The predicted octanol–water partition coefficient (Wildman–Crippen LogP) is 1.44. The number of halogens is 1. The van der Waals surface area contributed by atoms with Crippen molar-refractivity contribution in [2.45, 2.75) is 13.0 Å². The zero-order valence-electron chi connectivity index (χ0n) is 13.6. The number of hydrogen-bond acceptors (Lipinski definition) is 7. The van der Waals surface area contributed by atoms with Crippen LogP contribution in [0.2, 0.25) is 0 Å². The number of H-pyrrole nitrogens is 1. The molecule has 3 rings (SSSR count). The van der Waals surface area contributed by atoms with Gasteiger partial charge in [0.15, 0.2) is 35.7 Å². The van der Waals surface area contributed by atoms with Crippen LogP contribution in [0, 0.1) is 5.82 Å². The molecule has 10 heteroatoms. The maximum atomic E-state index is 13.4. The van der Waals surface area contributed by atoms with Gasteiger partial charge in [0.05, 0.1) is 6.33 Å². The molecule has 26 heavy (non-hydrogen) atoms. The number of aromatic nitrogens is 4. The molecule has 1 atom stereocenters. The summed E-state index contributed by atoms with van der Waals surface area (Å²) in [5.74, 6) is -1.88. The molecule has 0 saturated carbocycles. The predicted molar refractivity (Wildman–Crippen MR) is 87.8 cm³/mol. The average molecular weight is 359 g/mol. The molecule has 0 radical (unpaired) electrons. The average Bonchev–Trinajstić information content (AvgIpc) is 3.10. The third-order valence-corrected chi connectivity index (χ3v) is 3.32. The molecule has 0 saturated heterocycles. The van der Waals surface area contributed by atoms with Gasteiger partial charge in [-0.1, -0.05) is 12.1 Å². The van der Waals surface area contributed by atoms with E-state index in [0.717, 1.165) is 0 Å². The molecule has 0 bridgehead atoms. The van der Waals surface area contributed by atoms with Gasteiger partial charge in [-0.15, -0.1) is 0 Å². The van der Waals surface area contributed by atoms with E-state index in [1.165, 1.54) is 37.8 Å². The molecule has 0 aliphatic rings. The highest BCUT2D eigenvalue weighted by Gasteiger charge is 2.20. The van der Waals surface area contributed by atoms with Crippen LogP contribution in [0.1, 0.15) is 6.92 Å². The fraction of sp³-hybridized carbons (Fsp3) is 0.188. The fourth-order valence-electron chi connectivity index (χ4n) is 2.06. The van der Waals surface area contributed by atoms with Gasteiger partial charge in [-0.25, -0.2) is 24.1 Å². The Bertz CT molecular complexity index is 945. The number of ether oxygens (including phenoxy) is 2. The van der Waals surface area contributed by atoms with Crippen molar-refractivity contribution in [2.75, 3.05) is 11.9 Å². The third kappa shape index (κ3) is 3.91. The fourth-order valence-corrected chi connectivity index (χ4v) is 2.06. The number of carbonyl (C=O) groups is 2. The van der Waals surface area contributed by atoms with Gasteiger partial charge >= 0.3 is 5.97 Å². The molecule has 1 amide bonds. The van der Waals surface area contributed by atoms with Crippen molar-refractivity contribution in [1.29, 1.82) is 0 Å². The Morgan fingerprint density at radius 1 is 1.27 bits per heavy atom. The largest absolute Gasteiger partial charge is 0.479 e. The minimum Gasteiger partial charge on any atom is -0.479 e. The standard InChI is InChI=1S/C16H14FN5O4/c1-9(26-12(23)6-25-11-5-3-2-4-10(11)17)16(24)22-15-13-14(19-7-18-13)20-8-21-15/h2-5,7-9H,6H2,1H3,(H2,18,19,20,21,22,24). The van der Waals surface area contributed by atoms with Crippen LogP contribution >= 0.6 is 0 Å². The number of amides is 1. The first-order chi connectivity index (χ1) is 12.5. The van der Waals surface area contributed by atoms with Crippen LogP contribution in [0.5, 0.6) is 5.75 Å². The van der Waals surface area contributed by atoms with E-state index < -0.39 is 30.4 Å². The maximum Gasteiger partial charge on any atom is 0.344 e. The Hall–Kier alpha value is -3.56. The van der Waals surface area contributed by atoms with E-state index in [0.29, 0.717) is 11.2 Å². The Morgan fingerprint density at radius 2 is 2.08 bits per heavy atom. The van der Waals surface area contributed by atoms with Crippen molar-refractivity contribution < 1.29 is 23.5 Å². The van der Waals surface area contributed by atoms with Crippen molar-refractivity contribution in [3.8, 4) is 5.75 Å². The van der Waals surface area contributed by atoms with E-state index in [9.17, 15) is 14.0 Å². The number of anilines is 1. The molecule has 9 nitrogen and oxygen atoms in total. The molecule has 0 aliphatic carbocycles. The summed E-state index contributed by atoms with van der Waals surface area (Å²) in [5, 5.41) is 2.52. The number of carbonyl (C=O) groups excluding carboxylic acids is 2. The quantitative estimate of drug-likeness (QED) is 0.639. The van der Waals surface area contributed by atoms with Crippen molar-refractivity contribution in [3.05, 3.63) is 42.7 Å². The summed E-state index contributed by atoms with van der Waals surface area (Å²) in [5.41, 5.74) is 0.834. The number of para-hydroxylation sites is 1. The van der Waals surface area contributed by atoms with Gasteiger partial charge < -0.3 is 19.8 Å². The van der Waals surface area contributed by atoms with Crippen molar-refractivity contribution >= 4 is 28.9 Å². The van der Waals surface area contributed by atoms with Crippen molar-refractivity contribution in [3.63, 3.8) is 0 Å². The monoisotopic (exact) mass is 359 g/mol. The number of hydrogen-bond donors (Lipinski definition) is 2. The molecule has 0 fully saturated rings. The van der Waals surface area contributed by atoms with Crippen LogP contribution in [0.15, 0.2) is 36.9 Å². The third-order valence-electron chi connectivity index (χ3n) is 3.32. The number of benzene rings is 1. The molecule has 0 aliphatic heterocycles. The van der Waals surface area contributed by atoms with Crippen molar-refractivity contribution in [2.24, 2.45) is 0 Å². The topological polar surface area (TPSA) is 119 Å². The lowest BCUT2D eigenvalue weighted by Crippen LogP contribution is -2.32. The van der Waals surface area contributed by atoms with Gasteiger partial charge in [-0.05, 0) is 19.1 Å². The van der Waals surface area contributed by atoms with Gasteiger partial charge in [0.25, 0.3) is 5.91 Å².